The second kappa shape index (κ2) is 9.90. The summed E-state index contributed by atoms with van der Waals surface area (Å²) in [4.78, 5) is 23.8. The van der Waals surface area contributed by atoms with Gasteiger partial charge in [-0.1, -0.05) is 18.2 Å². The van der Waals surface area contributed by atoms with E-state index in [-0.39, 0.29) is 35.3 Å². The van der Waals surface area contributed by atoms with Crippen LogP contribution in [0.3, 0.4) is 0 Å². The molecule has 0 fully saturated rings. The van der Waals surface area contributed by atoms with E-state index in [2.05, 4.69) is 15.4 Å². The van der Waals surface area contributed by atoms with Crippen LogP contribution in [0.4, 0.5) is 42.1 Å². The number of carbonyl (C=O) groups excluding carboxylic acids is 2. The molecule has 0 atom stereocenters. The van der Waals surface area contributed by atoms with Gasteiger partial charge in [-0.25, -0.2) is 4.39 Å². The van der Waals surface area contributed by atoms with Gasteiger partial charge < -0.3 is 15.4 Å². The summed E-state index contributed by atoms with van der Waals surface area (Å²) >= 11 is 0. The van der Waals surface area contributed by atoms with Gasteiger partial charge in [0.1, 0.15) is 0 Å². The fourth-order valence-electron chi connectivity index (χ4n) is 3.21. The summed E-state index contributed by atoms with van der Waals surface area (Å²) in [5.74, 6) is -1.14. The van der Waals surface area contributed by atoms with Gasteiger partial charge in [0.2, 0.25) is 0 Å². The number of esters is 1. The maximum Gasteiger partial charge on any atom is 0.435 e. The fraction of sp³-hybridized carbons (Fsp3) is 0.364. The number of hydrogen-bond acceptors (Lipinski definition) is 4. The van der Waals surface area contributed by atoms with E-state index in [0.29, 0.717) is 17.8 Å². The maximum atomic E-state index is 14.4. The van der Waals surface area contributed by atoms with Crippen molar-refractivity contribution < 1.29 is 45.1 Å². The number of rotatable bonds is 7. The SMILES string of the molecule is COC(=O)CCNc1cccc(C(=O)Nc2c(C)cc(C(F)(C(F)(F)F)C(F)(F)F)cc2C)c1. The first kappa shape index (κ1) is 26.9. The number of hydrogen-bond donors (Lipinski definition) is 2. The lowest BCUT2D eigenvalue weighted by atomic mass is 9.90. The Hall–Kier alpha value is -3.31. The van der Waals surface area contributed by atoms with Crippen molar-refractivity contribution in [3.63, 3.8) is 0 Å². The van der Waals surface area contributed by atoms with Gasteiger partial charge in [0.25, 0.3) is 5.91 Å². The van der Waals surface area contributed by atoms with Crippen LogP contribution in [-0.4, -0.2) is 37.9 Å². The summed E-state index contributed by atoms with van der Waals surface area (Å²) in [7, 11) is 1.24. The number of benzene rings is 2. The molecule has 0 aromatic heterocycles. The molecule has 0 saturated heterocycles. The van der Waals surface area contributed by atoms with Crippen molar-refractivity contribution in [2.24, 2.45) is 0 Å². The van der Waals surface area contributed by atoms with Crippen LogP contribution in [0, 0.1) is 13.8 Å². The molecule has 0 radical (unpaired) electrons. The van der Waals surface area contributed by atoms with Gasteiger partial charge in [-0.15, -0.1) is 0 Å². The molecule has 0 spiro atoms. The normalized spacial score (nSPS) is 12.3. The Bertz CT molecular complexity index is 1030. The zero-order valence-electron chi connectivity index (χ0n) is 18.2. The zero-order chi connectivity index (χ0) is 25.9. The van der Waals surface area contributed by atoms with Gasteiger partial charge in [-0.3, -0.25) is 9.59 Å². The summed E-state index contributed by atoms with van der Waals surface area (Å²) < 4.78 is 97.4. The number of methoxy groups -OCH3 is 1. The van der Waals surface area contributed by atoms with Crippen molar-refractivity contribution in [1.29, 1.82) is 0 Å². The Morgan fingerprint density at radius 3 is 1.97 bits per heavy atom. The Balaban J connectivity index is 2.30. The van der Waals surface area contributed by atoms with E-state index in [9.17, 15) is 40.3 Å². The summed E-state index contributed by atoms with van der Waals surface area (Å²) in [5, 5.41) is 5.34. The molecular weight excluding hydrogens is 473 g/mol. The Morgan fingerprint density at radius 1 is 0.912 bits per heavy atom. The van der Waals surface area contributed by atoms with Gasteiger partial charge in [-0.2, -0.15) is 26.3 Å². The van der Waals surface area contributed by atoms with E-state index in [4.69, 9.17) is 0 Å². The Kier molecular flexibility index (Phi) is 7.84. The van der Waals surface area contributed by atoms with Crippen molar-refractivity contribution >= 4 is 23.3 Å². The largest absolute Gasteiger partial charge is 0.469 e. The van der Waals surface area contributed by atoms with E-state index in [1.807, 2.05) is 0 Å². The number of alkyl halides is 7. The zero-order valence-corrected chi connectivity index (χ0v) is 18.2. The lowest BCUT2D eigenvalue weighted by Gasteiger charge is -2.31. The Labute approximate surface area is 190 Å². The topological polar surface area (TPSA) is 67.4 Å². The van der Waals surface area contributed by atoms with Crippen LogP contribution in [-0.2, 0) is 15.2 Å². The quantitative estimate of drug-likeness (QED) is 0.376. The first-order chi connectivity index (χ1) is 15.6. The molecule has 1 amide bonds. The number of carbonyl (C=O) groups is 2. The molecule has 2 aromatic rings. The minimum Gasteiger partial charge on any atom is -0.469 e. The summed E-state index contributed by atoms with van der Waals surface area (Å²) in [5.41, 5.74) is -7.02. The second-order valence-corrected chi connectivity index (χ2v) is 7.43. The van der Waals surface area contributed by atoms with Gasteiger partial charge >= 0.3 is 24.0 Å². The maximum absolute atomic E-state index is 14.4. The van der Waals surface area contributed by atoms with Crippen molar-refractivity contribution in [1.82, 2.24) is 0 Å². The van der Waals surface area contributed by atoms with Gasteiger partial charge in [0.15, 0.2) is 0 Å². The molecule has 0 aliphatic rings. The van der Waals surface area contributed by atoms with Crippen LogP contribution in [0.2, 0.25) is 0 Å². The van der Waals surface area contributed by atoms with E-state index in [0.717, 1.165) is 13.8 Å². The van der Waals surface area contributed by atoms with Crippen molar-refractivity contribution in [3.8, 4) is 0 Å². The molecule has 0 bridgehead atoms. The molecule has 2 N–H and O–H groups in total. The van der Waals surface area contributed by atoms with Crippen LogP contribution >= 0.6 is 0 Å². The molecule has 2 rings (SSSR count). The van der Waals surface area contributed by atoms with Crippen molar-refractivity contribution in [3.05, 3.63) is 58.7 Å². The van der Waals surface area contributed by atoms with Gasteiger partial charge in [0, 0.05) is 29.0 Å². The average molecular weight is 494 g/mol. The van der Waals surface area contributed by atoms with Crippen LogP contribution in [0.1, 0.15) is 33.5 Å². The standard InChI is InChI=1S/C22H21F7N2O3/c1-12-9-15(20(23,21(24,25)26)22(27,28)29)10-13(2)18(12)31-19(33)14-5-4-6-16(11-14)30-8-7-17(32)34-3/h4-6,9-11,30H,7-8H2,1-3H3,(H,31,33). The average Bonchev–Trinajstić information content (AvgIpc) is 2.73. The number of halogens is 7. The molecule has 0 aliphatic carbocycles. The minimum atomic E-state index is -6.24. The smallest absolute Gasteiger partial charge is 0.435 e. The molecule has 0 heterocycles. The lowest BCUT2D eigenvalue weighted by molar-refractivity contribution is -0.348. The number of amides is 1. The third-order valence-electron chi connectivity index (χ3n) is 4.96. The van der Waals surface area contributed by atoms with Gasteiger partial charge in [0.05, 0.1) is 13.5 Å². The molecule has 12 heteroatoms. The van der Waals surface area contributed by atoms with Crippen LogP contribution in [0.5, 0.6) is 0 Å². The van der Waals surface area contributed by atoms with E-state index in [1.165, 1.54) is 25.3 Å². The molecule has 5 nitrogen and oxygen atoms in total. The molecular formula is C22H21F7N2O3. The third-order valence-corrected chi connectivity index (χ3v) is 4.96. The summed E-state index contributed by atoms with van der Waals surface area (Å²) in [6, 6.07) is 6.84. The highest BCUT2D eigenvalue weighted by Crippen LogP contribution is 2.53. The first-order valence-electron chi connectivity index (χ1n) is 9.78. The second-order valence-electron chi connectivity index (χ2n) is 7.43. The predicted octanol–water partition coefficient (Wildman–Crippen LogP) is 5.82. The highest BCUT2D eigenvalue weighted by atomic mass is 19.4. The number of anilines is 2. The molecule has 0 aliphatic heterocycles. The number of aryl methyl sites for hydroxylation is 2. The fourth-order valence-corrected chi connectivity index (χ4v) is 3.21. The van der Waals surface area contributed by atoms with Gasteiger partial charge in [-0.05, 0) is 43.2 Å². The Morgan fingerprint density at radius 2 is 1.47 bits per heavy atom. The third kappa shape index (κ3) is 5.60. The molecule has 0 saturated carbocycles. The first-order valence-corrected chi connectivity index (χ1v) is 9.78. The lowest BCUT2D eigenvalue weighted by Crippen LogP contribution is -2.50. The molecule has 34 heavy (non-hydrogen) atoms. The van der Waals surface area contributed by atoms with E-state index < -0.39 is 35.5 Å². The van der Waals surface area contributed by atoms with E-state index >= 15 is 0 Å². The highest BCUT2D eigenvalue weighted by Gasteiger charge is 2.73. The predicted molar refractivity (Wildman–Crippen MR) is 110 cm³/mol. The van der Waals surface area contributed by atoms with E-state index in [1.54, 1.807) is 6.07 Å². The summed E-state index contributed by atoms with van der Waals surface area (Å²) in [6.45, 7) is 2.54. The monoisotopic (exact) mass is 494 g/mol. The molecule has 186 valence electrons. The minimum absolute atomic E-state index is 0.0514. The van der Waals surface area contributed by atoms with Crippen LogP contribution in [0.25, 0.3) is 0 Å². The summed E-state index contributed by atoms with van der Waals surface area (Å²) in [6.07, 6.45) is -12.4. The van der Waals surface area contributed by atoms with Crippen LogP contribution < -0.4 is 10.6 Å². The van der Waals surface area contributed by atoms with Crippen molar-refractivity contribution in [2.45, 2.75) is 38.3 Å². The molecule has 2 aromatic carbocycles. The highest BCUT2D eigenvalue weighted by molar-refractivity contribution is 6.05. The van der Waals surface area contributed by atoms with Crippen molar-refractivity contribution in [2.75, 3.05) is 24.3 Å². The van der Waals surface area contributed by atoms with Crippen LogP contribution in [0.15, 0.2) is 36.4 Å². The molecule has 0 unspecified atom stereocenters. The number of nitrogens with one attached hydrogen (secondary N) is 2. The number of ether oxygens (including phenoxy) is 1.